The zero-order valence-electron chi connectivity index (χ0n) is 14.8. The molecule has 0 saturated heterocycles. The van der Waals surface area contributed by atoms with Crippen molar-refractivity contribution in [3.05, 3.63) is 53.6 Å². The summed E-state index contributed by atoms with van der Waals surface area (Å²) < 4.78 is 26.9. The molecule has 0 fully saturated rings. The molecule has 27 heavy (non-hydrogen) atoms. The zero-order valence-corrected chi connectivity index (χ0v) is 14.8. The van der Waals surface area contributed by atoms with Crippen molar-refractivity contribution in [2.45, 2.75) is 26.3 Å². The molecule has 0 aliphatic carbocycles. The highest BCUT2D eigenvalue weighted by Crippen LogP contribution is 2.24. The van der Waals surface area contributed by atoms with Crippen LogP contribution in [0.4, 0.5) is 14.5 Å². The summed E-state index contributed by atoms with van der Waals surface area (Å²) >= 11 is 0. The van der Waals surface area contributed by atoms with Crippen LogP contribution < -0.4 is 10.6 Å². The van der Waals surface area contributed by atoms with Crippen LogP contribution in [0.3, 0.4) is 0 Å². The summed E-state index contributed by atoms with van der Waals surface area (Å²) in [5.41, 5.74) is -0.422. The van der Waals surface area contributed by atoms with Gasteiger partial charge in [0.15, 0.2) is 0 Å². The minimum Gasteiger partial charge on any atom is -0.508 e. The fourth-order valence-electron chi connectivity index (χ4n) is 2.46. The first-order valence-corrected chi connectivity index (χ1v) is 8.26. The molecule has 2 aromatic rings. The van der Waals surface area contributed by atoms with Crippen LogP contribution in [0.1, 0.15) is 30.6 Å². The number of benzene rings is 2. The van der Waals surface area contributed by atoms with Gasteiger partial charge in [-0.3, -0.25) is 9.59 Å². The number of phenols is 2. The molecule has 2 aromatic carbocycles. The lowest BCUT2D eigenvalue weighted by atomic mass is 10.0. The van der Waals surface area contributed by atoms with E-state index in [0.29, 0.717) is 0 Å². The standard InChI is InChI=1S/C19H20F2N2O4/c1-10(2)7-16(19(27)22-15-6-3-11(20)8-17(15)25)23-18(26)13-9-12(24)4-5-14(13)21/h3-6,8-10,16,24-25H,7H2,1-2H3,(H,22,27)(H,23,26)/t16-/m0/s1. The van der Waals surface area contributed by atoms with Gasteiger partial charge in [0.2, 0.25) is 5.91 Å². The molecule has 0 unspecified atom stereocenters. The molecule has 0 radical (unpaired) electrons. The van der Waals surface area contributed by atoms with Crippen LogP contribution in [0.25, 0.3) is 0 Å². The predicted molar refractivity (Wildman–Crippen MR) is 95.5 cm³/mol. The Hall–Kier alpha value is -3.16. The van der Waals surface area contributed by atoms with E-state index in [-0.39, 0.29) is 23.8 Å². The average Bonchev–Trinajstić information content (AvgIpc) is 2.58. The third-order valence-corrected chi connectivity index (χ3v) is 3.74. The van der Waals surface area contributed by atoms with Crippen LogP contribution in [-0.2, 0) is 4.79 Å². The van der Waals surface area contributed by atoms with Crippen molar-refractivity contribution in [1.29, 1.82) is 0 Å². The number of aromatic hydroxyl groups is 2. The molecule has 0 spiro atoms. The number of amides is 2. The minimum absolute atomic E-state index is 0.0110. The minimum atomic E-state index is -1.04. The van der Waals surface area contributed by atoms with Gasteiger partial charge in [0.05, 0.1) is 11.3 Å². The summed E-state index contributed by atoms with van der Waals surface area (Å²) in [6.45, 7) is 3.66. The molecule has 2 amide bonds. The second kappa shape index (κ2) is 8.48. The van der Waals surface area contributed by atoms with E-state index in [2.05, 4.69) is 10.6 Å². The number of phenolic OH excluding ortho intramolecular Hbond substituents is 2. The van der Waals surface area contributed by atoms with E-state index in [1.54, 1.807) is 0 Å². The van der Waals surface area contributed by atoms with E-state index in [0.717, 1.165) is 30.3 Å². The summed E-state index contributed by atoms with van der Waals surface area (Å²) in [5, 5.41) is 24.0. The predicted octanol–water partition coefficient (Wildman–Crippen LogP) is 3.16. The van der Waals surface area contributed by atoms with Crippen molar-refractivity contribution >= 4 is 17.5 Å². The molecule has 0 saturated carbocycles. The number of carbonyl (C=O) groups is 2. The van der Waals surface area contributed by atoms with Crippen LogP contribution in [-0.4, -0.2) is 28.1 Å². The molecule has 0 aliphatic rings. The maximum atomic E-state index is 13.8. The largest absolute Gasteiger partial charge is 0.508 e. The number of nitrogens with one attached hydrogen (secondary N) is 2. The molecule has 0 aromatic heterocycles. The fourth-order valence-corrected chi connectivity index (χ4v) is 2.46. The summed E-state index contributed by atoms with van der Waals surface area (Å²) in [6.07, 6.45) is 0.236. The molecule has 144 valence electrons. The van der Waals surface area contributed by atoms with Gasteiger partial charge >= 0.3 is 0 Å². The Morgan fingerprint density at radius 1 is 1.07 bits per heavy atom. The lowest BCUT2D eigenvalue weighted by Gasteiger charge is -2.20. The second-order valence-electron chi connectivity index (χ2n) is 6.47. The summed E-state index contributed by atoms with van der Waals surface area (Å²) in [6, 6.07) is 5.05. The molecular formula is C19H20F2N2O4. The Labute approximate surface area is 154 Å². The normalized spacial score (nSPS) is 11.9. The monoisotopic (exact) mass is 378 g/mol. The fraction of sp³-hybridized carbons (Fsp3) is 0.263. The van der Waals surface area contributed by atoms with Crippen molar-refractivity contribution in [3.8, 4) is 11.5 Å². The Morgan fingerprint density at radius 3 is 2.41 bits per heavy atom. The third-order valence-electron chi connectivity index (χ3n) is 3.74. The van der Waals surface area contributed by atoms with Crippen LogP contribution in [0, 0.1) is 17.6 Å². The summed E-state index contributed by atoms with van der Waals surface area (Å²) in [7, 11) is 0. The van der Waals surface area contributed by atoms with Gasteiger partial charge in [-0.1, -0.05) is 13.8 Å². The number of hydrogen-bond acceptors (Lipinski definition) is 4. The molecule has 1 atom stereocenters. The van der Waals surface area contributed by atoms with Crippen molar-refractivity contribution in [3.63, 3.8) is 0 Å². The quantitative estimate of drug-likeness (QED) is 0.580. The lowest BCUT2D eigenvalue weighted by Crippen LogP contribution is -2.44. The van der Waals surface area contributed by atoms with Gasteiger partial charge in [-0.15, -0.1) is 0 Å². The van der Waals surface area contributed by atoms with Crippen LogP contribution in [0.15, 0.2) is 36.4 Å². The highest BCUT2D eigenvalue weighted by Gasteiger charge is 2.25. The SMILES string of the molecule is CC(C)C[C@H](NC(=O)c1cc(O)ccc1F)C(=O)Nc1ccc(F)cc1O. The first-order chi connectivity index (χ1) is 12.7. The molecule has 2 rings (SSSR count). The number of halogens is 2. The molecule has 8 heteroatoms. The molecule has 6 nitrogen and oxygen atoms in total. The van der Waals surface area contributed by atoms with E-state index >= 15 is 0 Å². The Balaban J connectivity index is 2.19. The van der Waals surface area contributed by atoms with E-state index in [9.17, 15) is 28.6 Å². The van der Waals surface area contributed by atoms with Crippen LogP contribution >= 0.6 is 0 Å². The van der Waals surface area contributed by atoms with Crippen molar-refractivity contribution in [1.82, 2.24) is 5.32 Å². The van der Waals surface area contributed by atoms with Gasteiger partial charge in [-0.05, 0) is 42.7 Å². The van der Waals surface area contributed by atoms with Gasteiger partial charge in [-0.25, -0.2) is 8.78 Å². The molecule has 0 aliphatic heterocycles. The van der Waals surface area contributed by atoms with Gasteiger partial charge in [-0.2, -0.15) is 0 Å². The van der Waals surface area contributed by atoms with Crippen molar-refractivity contribution in [2.24, 2.45) is 5.92 Å². The van der Waals surface area contributed by atoms with Crippen molar-refractivity contribution in [2.75, 3.05) is 5.32 Å². The Morgan fingerprint density at radius 2 is 1.78 bits per heavy atom. The summed E-state index contributed by atoms with van der Waals surface area (Å²) in [4.78, 5) is 24.9. The van der Waals surface area contributed by atoms with E-state index in [1.165, 1.54) is 6.07 Å². The van der Waals surface area contributed by atoms with Crippen LogP contribution in [0.5, 0.6) is 11.5 Å². The first-order valence-electron chi connectivity index (χ1n) is 8.26. The zero-order chi connectivity index (χ0) is 20.1. The highest BCUT2D eigenvalue weighted by atomic mass is 19.1. The first kappa shape index (κ1) is 20.2. The molecule has 4 N–H and O–H groups in total. The lowest BCUT2D eigenvalue weighted by molar-refractivity contribution is -0.118. The number of anilines is 1. The van der Waals surface area contributed by atoms with Gasteiger partial charge in [0, 0.05) is 6.07 Å². The van der Waals surface area contributed by atoms with Crippen molar-refractivity contribution < 1.29 is 28.6 Å². The Kier molecular flexibility index (Phi) is 6.33. The maximum Gasteiger partial charge on any atom is 0.255 e. The third kappa shape index (κ3) is 5.40. The highest BCUT2D eigenvalue weighted by molar-refractivity contribution is 6.01. The van der Waals surface area contributed by atoms with Crippen LogP contribution in [0.2, 0.25) is 0 Å². The summed E-state index contributed by atoms with van der Waals surface area (Å²) in [5.74, 6) is -3.77. The van der Waals surface area contributed by atoms with E-state index in [1.807, 2.05) is 13.8 Å². The number of hydrogen-bond donors (Lipinski definition) is 4. The van der Waals surface area contributed by atoms with Gasteiger partial charge in [0.1, 0.15) is 29.2 Å². The number of rotatable bonds is 6. The number of carbonyl (C=O) groups excluding carboxylic acids is 2. The van der Waals surface area contributed by atoms with E-state index < -0.39 is 40.8 Å². The molecule has 0 heterocycles. The topological polar surface area (TPSA) is 98.7 Å². The average molecular weight is 378 g/mol. The maximum absolute atomic E-state index is 13.8. The van der Waals surface area contributed by atoms with Gasteiger partial charge in [0.25, 0.3) is 5.91 Å². The van der Waals surface area contributed by atoms with E-state index in [4.69, 9.17) is 0 Å². The Bertz CT molecular complexity index is 856. The smallest absolute Gasteiger partial charge is 0.255 e. The molecular weight excluding hydrogens is 358 g/mol. The van der Waals surface area contributed by atoms with Gasteiger partial charge < -0.3 is 20.8 Å². The second-order valence-corrected chi connectivity index (χ2v) is 6.47. The molecule has 0 bridgehead atoms.